The number of carbonyl (C=O) groups is 1. The Kier molecular flexibility index (Phi) is 22.0. The van der Waals surface area contributed by atoms with E-state index < -0.39 is 14.3 Å². The van der Waals surface area contributed by atoms with E-state index in [4.69, 9.17) is 19.4 Å². The minimum Gasteiger partial charge on any atom is -0.478 e. The predicted octanol–water partition coefficient (Wildman–Crippen LogP) is 7.18. The first-order chi connectivity index (χ1) is 17.3. The van der Waals surface area contributed by atoms with Crippen LogP contribution in [0.25, 0.3) is 0 Å². The van der Waals surface area contributed by atoms with E-state index in [-0.39, 0.29) is 12.9 Å². The van der Waals surface area contributed by atoms with E-state index in [0.29, 0.717) is 6.54 Å². The van der Waals surface area contributed by atoms with Crippen LogP contribution in [0.3, 0.4) is 0 Å². The summed E-state index contributed by atoms with van der Waals surface area (Å²) in [5.41, 5.74) is 0. The molecule has 0 amide bonds. The van der Waals surface area contributed by atoms with Crippen molar-refractivity contribution in [1.29, 1.82) is 0 Å². The lowest BCUT2D eigenvalue weighted by Gasteiger charge is -2.28. The Bertz CT molecular complexity index is 685. The Morgan fingerprint density at radius 1 is 0.917 bits per heavy atom. The van der Waals surface area contributed by atoms with E-state index in [2.05, 4.69) is 31.8 Å². The largest absolute Gasteiger partial charge is 0.478 e. The molecule has 0 spiro atoms. The van der Waals surface area contributed by atoms with Crippen molar-refractivity contribution in [2.75, 3.05) is 19.7 Å². The number of unbranched alkanes of at least 4 members (excludes halogenated alkanes) is 5. The standard InChI is InChI=1S/C29H51NO5Si/c1-5-7-8-9-14-21-29(35-36(3,4)27-6-2)34-26-19-11-10-15-22-30(24-17-18-25-31)23-16-12-13-20-28(32)33/h10-13,15-16,19-20,22,26,29,31H,5-9,14,17-18,21,23-25,27H2,1-4H3,(H,32,33). The molecular weight excluding hydrogens is 470 g/mol. The fraction of sp³-hybridized carbons (Fsp3) is 0.621. The maximum absolute atomic E-state index is 10.5. The molecule has 0 aromatic carbocycles. The Morgan fingerprint density at radius 3 is 2.36 bits per heavy atom. The Labute approximate surface area is 221 Å². The predicted molar refractivity (Wildman–Crippen MR) is 153 cm³/mol. The van der Waals surface area contributed by atoms with Gasteiger partial charge in [-0.25, -0.2) is 4.79 Å². The Hall–Kier alpha value is -2.09. The van der Waals surface area contributed by atoms with E-state index >= 15 is 0 Å². The average molecular weight is 522 g/mol. The lowest BCUT2D eigenvalue weighted by molar-refractivity contribution is -0.131. The van der Waals surface area contributed by atoms with Gasteiger partial charge in [0, 0.05) is 32.2 Å². The molecule has 0 bridgehead atoms. The average Bonchev–Trinajstić information content (AvgIpc) is 2.82. The van der Waals surface area contributed by atoms with Gasteiger partial charge in [0.15, 0.2) is 14.6 Å². The normalized spacial score (nSPS) is 13.7. The molecule has 0 heterocycles. The van der Waals surface area contributed by atoms with Crippen LogP contribution in [-0.2, 0) is 14.0 Å². The zero-order valence-corrected chi connectivity index (χ0v) is 24.1. The van der Waals surface area contributed by atoms with Gasteiger partial charge >= 0.3 is 5.97 Å². The van der Waals surface area contributed by atoms with Crippen molar-refractivity contribution in [3.63, 3.8) is 0 Å². The van der Waals surface area contributed by atoms with Gasteiger partial charge in [0.2, 0.25) is 0 Å². The van der Waals surface area contributed by atoms with Crippen molar-refractivity contribution in [3.8, 4) is 0 Å². The van der Waals surface area contributed by atoms with Gasteiger partial charge in [-0.1, -0.05) is 76.3 Å². The summed E-state index contributed by atoms with van der Waals surface area (Å²) in [5, 5.41) is 17.7. The minimum absolute atomic E-state index is 0.177. The van der Waals surface area contributed by atoms with Crippen molar-refractivity contribution >= 4 is 14.3 Å². The monoisotopic (exact) mass is 521 g/mol. The summed E-state index contributed by atoms with van der Waals surface area (Å²) < 4.78 is 12.4. The first kappa shape index (κ1) is 33.9. The number of aliphatic hydroxyl groups excluding tert-OH is 1. The third-order valence-corrected chi connectivity index (χ3v) is 8.07. The highest BCUT2D eigenvalue weighted by molar-refractivity contribution is 6.71. The smallest absolute Gasteiger partial charge is 0.328 e. The van der Waals surface area contributed by atoms with E-state index in [0.717, 1.165) is 50.8 Å². The van der Waals surface area contributed by atoms with Crippen molar-refractivity contribution < 1.29 is 24.2 Å². The van der Waals surface area contributed by atoms with Crippen molar-refractivity contribution in [3.05, 3.63) is 61.1 Å². The second kappa shape index (κ2) is 23.3. The number of nitrogens with zero attached hydrogens (tertiary/aromatic N) is 1. The number of hydrogen-bond acceptors (Lipinski definition) is 5. The molecule has 0 fully saturated rings. The number of carboxylic acid groups (broad SMARTS) is 1. The van der Waals surface area contributed by atoms with Crippen LogP contribution in [0.2, 0.25) is 19.1 Å². The molecule has 6 nitrogen and oxygen atoms in total. The molecule has 2 N–H and O–H groups in total. The molecule has 1 unspecified atom stereocenters. The SMILES string of the molecule is CCCCCCCC(OC=CC=CC=CN(CC=CC=CC(=O)O)CCCCO)O[Si](C)(C)CCC. The van der Waals surface area contributed by atoms with Gasteiger partial charge in [-0.3, -0.25) is 0 Å². The number of aliphatic carboxylic acids is 1. The molecular formula is C29H51NO5Si. The summed E-state index contributed by atoms with van der Waals surface area (Å²) in [4.78, 5) is 12.7. The maximum Gasteiger partial charge on any atom is 0.328 e. The number of ether oxygens (including phenoxy) is 1. The summed E-state index contributed by atoms with van der Waals surface area (Å²) in [6, 6.07) is 1.14. The van der Waals surface area contributed by atoms with Crippen LogP contribution in [0.4, 0.5) is 0 Å². The topological polar surface area (TPSA) is 79.2 Å². The van der Waals surface area contributed by atoms with Gasteiger partial charge < -0.3 is 24.3 Å². The molecule has 7 heteroatoms. The first-order valence-electron chi connectivity index (χ1n) is 13.6. The molecule has 0 rings (SSSR count). The lowest BCUT2D eigenvalue weighted by Crippen LogP contribution is -2.36. The summed E-state index contributed by atoms with van der Waals surface area (Å²) in [7, 11) is -1.72. The molecule has 1 atom stereocenters. The molecule has 0 saturated carbocycles. The first-order valence-corrected chi connectivity index (χ1v) is 16.7. The minimum atomic E-state index is -1.72. The highest BCUT2D eigenvalue weighted by Crippen LogP contribution is 2.20. The summed E-state index contributed by atoms with van der Waals surface area (Å²) in [5.74, 6) is -0.960. The summed E-state index contributed by atoms with van der Waals surface area (Å²) >= 11 is 0. The van der Waals surface area contributed by atoms with Gasteiger partial charge in [-0.2, -0.15) is 0 Å². The number of carboxylic acids is 1. The maximum atomic E-state index is 10.5. The van der Waals surface area contributed by atoms with Crippen molar-refractivity contribution in [2.45, 2.75) is 97.1 Å². The molecule has 0 radical (unpaired) electrons. The number of hydrogen-bond donors (Lipinski definition) is 2. The zero-order chi connectivity index (χ0) is 26.9. The second-order valence-electron chi connectivity index (χ2n) is 9.50. The van der Waals surface area contributed by atoms with Crippen LogP contribution in [0.15, 0.2) is 61.1 Å². The van der Waals surface area contributed by atoms with Crippen LogP contribution in [-0.4, -0.2) is 55.4 Å². The number of rotatable bonds is 23. The number of allylic oxidation sites excluding steroid dienone is 6. The third-order valence-electron chi connectivity index (χ3n) is 5.46. The van der Waals surface area contributed by atoms with Gasteiger partial charge in [0.05, 0.1) is 6.26 Å². The Balaban J connectivity index is 4.78. The number of aliphatic hydroxyl groups is 1. The van der Waals surface area contributed by atoms with E-state index in [1.165, 1.54) is 31.8 Å². The van der Waals surface area contributed by atoms with Crippen LogP contribution < -0.4 is 0 Å². The van der Waals surface area contributed by atoms with E-state index in [1.54, 1.807) is 12.3 Å². The molecule has 0 saturated heterocycles. The third kappa shape index (κ3) is 22.4. The zero-order valence-electron chi connectivity index (χ0n) is 23.1. The molecule has 36 heavy (non-hydrogen) atoms. The quantitative estimate of drug-likeness (QED) is 0.0370. The second-order valence-corrected chi connectivity index (χ2v) is 13.8. The van der Waals surface area contributed by atoms with Crippen molar-refractivity contribution in [1.82, 2.24) is 4.90 Å². The molecule has 0 aliphatic heterocycles. The van der Waals surface area contributed by atoms with Crippen molar-refractivity contribution in [2.24, 2.45) is 0 Å². The Morgan fingerprint density at radius 2 is 1.67 bits per heavy atom. The van der Waals surface area contributed by atoms with Crippen LogP contribution in [0.1, 0.15) is 71.6 Å². The molecule has 0 aromatic rings. The molecule has 0 aliphatic carbocycles. The highest BCUT2D eigenvalue weighted by Gasteiger charge is 2.26. The summed E-state index contributed by atoms with van der Waals surface area (Å²) in [6.07, 6.45) is 27.4. The van der Waals surface area contributed by atoms with Crippen LogP contribution in [0, 0.1) is 0 Å². The van der Waals surface area contributed by atoms with E-state index in [9.17, 15) is 4.79 Å². The van der Waals surface area contributed by atoms with Crippen LogP contribution >= 0.6 is 0 Å². The lowest BCUT2D eigenvalue weighted by atomic mass is 10.1. The van der Waals surface area contributed by atoms with Crippen LogP contribution in [0.5, 0.6) is 0 Å². The molecule has 0 aliphatic rings. The highest BCUT2D eigenvalue weighted by atomic mass is 28.4. The fourth-order valence-corrected chi connectivity index (χ4v) is 5.84. The van der Waals surface area contributed by atoms with Gasteiger partial charge in [-0.15, -0.1) is 0 Å². The van der Waals surface area contributed by atoms with Gasteiger partial charge in [-0.05, 0) is 56.8 Å². The van der Waals surface area contributed by atoms with Gasteiger partial charge in [0.25, 0.3) is 0 Å². The molecule has 0 aromatic heterocycles. The summed E-state index contributed by atoms with van der Waals surface area (Å²) in [6.45, 7) is 10.6. The van der Waals surface area contributed by atoms with E-state index in [1.807, 2.05) is 36.6 Å². The molecule has 206 valence electrons. The van der Waals surface area contributed by atoms with Gasteiger partial charge in [0.1, 0.15) is 0 Å². The fourth-order valence-electron chi connectivity index (χ4n) is 3.63.